The lowest BCUT2D eigenvalue weighted by atomic mass is 9.99. The summed E-state index contributed by atoms with van der Waals surface area (Å²) < 4.78 is 6.67. The zero-order valence-corrected chi connectivity index (χ0v) is 13.3. The lowest BCUT2D eigenvalue weighted by molar-refractivity contribution is 0.226. The molecule has 4 heteroatoms. The molecule has 0 aliphatic rings. The first-order valence-corrected chi connectivity index (χ1v) is 7.47. The predicted molar refractivity (Wildman–Crippen MR) is 76.8 cm³/mol. The van der Waals surface area contributed by atoms with Crippen LogP contribution in [-0.4, -0.2) is 11.9 Å². The Kier molecular flexibility index (Phi) is 6.16. The summed E-state index contributed by atoms with van der Waals surface area (Å²) in [6, 6.07) is 5.56. The molecule has 16 heavy (non-hydrogen) atoms. The first-order chi connectivity index (χ1) is 7.54. The van der Waals surface area contributed by atoms with E-state index < -0.39 is 0 Å². The van der Waals surface area contributed by atoms with E-state index in [2.05, 4.69) is 45.7 Å². The standard InChI is InChI=1S/C12H15Br2ClO/c1-8(2)9(6-13)7-16-12-4-3-10(15)5-11(12)14/h3-5,8-9H,6-7H2,1-2H3. The van der Waals surface area contributed by atoms with Crippen molar-refractivity contribution < 1.29 is 4.74 Å². The highest BCUT2D eigenvalue weighted by Crippen LogP contribution is 2.28. The van der Waals surface area contributed by atoms with Crippen molar-refractivity contribution in [1.29, 1.82) is 0 Å². The summed E-state index contributed by atoms with van der Waals surface area (Å²) in [5, 5.41) is 1.66. The molecule has 0 N–H and O–H groups in total. The summed E-state index contributed by atoms with van der Waals surface area (Å²) in [6.45, 7) is 5.11. The molecule has 0 heterocycles. The summed E-state index contributed by atoms with van der Waals surface area (Å²) >= 11 is 12.8. The normalized spacial score (nSPS) is 12.9. The molecule has 0 bridgehead atoms. The van der Waals surface area contributed by atoms with Gasteiger partial charge in [-0.2, -0.15) is 0 Å². The van der Waals surface area contributed by atoms with Crippen molar-refractivity contribution in [2.75, 3.05) is 11.9 Å². The number of ether oxygens (including phenoxy) is 1. The SMILES string of the molecule is CC(C)C(CBr)COc1ccc(Cl)cc1Br. The predicted octanol–water partition coefficient (Wildman–Crippen LogP) is 5.15. The Balaban J connectivity index is 2.60. The van der Waals surface area contributed by atoms with Gasteiger partial charge in [0.1, 0.15) is 5.75 Å². The van der Waals surface area contributed by atoms with Gasteiger partial charge in [0.15, 0.2) is 0 Å². The minimum Gasteiger partial charge on any atom is -0.492 e. The number of benzene rings is 1. The molecular weight excluding hydrogens is 355 g/mol. The fourth-order valence-corrected chi connectivity index (χ4v) is 2.94. The highest BCUT2D eigenvalue weighted by molar-refractivity contribution is 9.10. The molecule has 0 aliphatic heterocycles. The van der Waals surface area contributed by atoms with Gasteiger partial charge in [0, 0.05) is 16.3 Å². The summed E-state index contributed by atoms with van der Waals surface area (Å²) in [6.07, 6.45) is 0. The van der Waals surface area contributed by atoms with Crippen LogP contribution in [0.5, 0.6) is 5.75 Å². The van der Waals surface area contributed by atoms with E-state index >= 15 is 0 Å². The van der Waals surface area contributed by atoms with E-state index in [0.29, 0.717) is 23.5 Å². The van der Waals surface area contributed by atoms with Crippen LogP contribution in [0.25, 0.3) is 0 Å². The number of hydrogen-bond acceptors (Lipinski definition) is 1. The van der Waals surface area contributed by atoms with Gasteiger partial charge in [-0.25, -0.2) is 0 Å². The largest absolute Gasteiger partial charge is 0.492 e. The van der Waals surface area contributed by atoms with Crippen LogP contribution in [0.4, 0.5) is 0 Å². The molecule has 1 rings (SSSR count). The van der Waals surface area contributed by atoms with Crippen LogP contribution in [0.15, 0.2) is 22.7 Å². The maximum atomic E-state index is 5.86. The summed E-state index contributed by atoms with van der Waals surface area (Å²) in [4.78, 5) is 0. The molecule has 0 saturated heterocycles. The van der Waals surface area contributed by atoms with Crippen LogP contribution in [-0.2, 0) is 0 Å². The van der Waals surface area contributed by atoms with Gasteiger partial charge >= 0.3 is 0 Å². The Hall–Kier alpha value is 0.270. The third kappa shape index (κ3) is 4.27. The van der Waals surface area contributed by atoms with E-state index in [-0.39, 0.29) is 0 Å². The fourth-order valence-electron chi connectivity index (χ4n) is 1.20. The van der Waals surface area contributed by atoms with E-state index in [4.69, 9.17) is 16.3 Å². The smallest absolute Gasteiger partial charge is 0.133 e. The topological polar surface area (TPSA) is 9.23 Å². The number of hydrogen-bond donors (Lipinski definition) is 0. The molecular formula is C12H15Br2ClO. The number of alkyl halides is 1. The zero-order chi connectivity index (χ0) is 12.1. The average Bonchev–Trinajstić information content (AvgIpc) is 2.21. The summed E-state index contributed by atoms with van der Waals surface area (Å²) in [5.41, 5.74) is 0. The Morgan fingerprint density at radius 1 is 1.38 bits per heavy atom. The highest BCUT2D eigenvalue weighted by atomic mass is 79.9. The molecule has 0 spiro atoms. The van der Waals surface area contributed by atoms with E-state index in [1.165, 1.54) is 0 Å². The molecule has 1 atom stereocenters. The molecule has 0 fully saturated rings. The quantitative estimate of drug-likeness (QED) is 0.652. The summed E-state index contributed by atoms with van der Waals surface area (Å²) in [5.74, 6) is 1.96. The molecule has 0 radical (unpaired) electrons. The van der Waals surface area contributed by atoms with Crippen LogP contribution in [0.2, 0.25) is 5.02 Å². The first-order valence-electron chi connectivity index (χ1n) is 5.18. The van der Waals surface area contributed by atoms with E-state index in [9.17, 15) is 0 Å². The van der Waals surface area contributed by atoms with Gasteiger partial charge in [-0.3, -0.25) is 0 Å². The lowest BCUT2D eigenvalue weighted by Gasteiger charge is -2.19. The van der Waals surface area contributed by atoms with Crippen LogP contribution in [0.1, 0.15) is 13.8 Å². The fraction of sp³-hybridized carbons (Fsp3) is 0.500. The number of halogens is 3. The van der Waals surface area contributed by atoms with E-state index in [1.54, 1.807) is 0 Å². The van der Waals surface area contributed by atoms with Crippen molar-refractivity contribution in [3.05, 3.63) is 27.7 Å². The minimum atomic E-state index is 0.516. The van der Waals surface area contributed by atoms with Crippen molar-refractivity contribution in [2.24, 2.45) is 11.8 Å². The Morgan fingerprint density at radius 2 is 2.06 bits per heavy atom. The van der Waals surface area contributed by atoms with Gasteiger partial charge in [0.2, 0.25) is 0 Å². The van der Waals surface area contributed by atoms with Gasteiger partial charge < -0.3 is 4.74 Å². The third-order valence-corrected chi connectivity index (χ3v) is 4.17. The Labute approximate surface area is 119 Å². The van der Waals surface area contributed by atoms with Gasteiger partial charge in [-0.1, -0.05) is 41.4 Å². The number of rotatable bonds is 5. The molecule has 0 aliphatic carbocycles. The molecule has 0 saturated carbocycles. The molecule has 0 aromatic heterocycles. The van der Waals surface area contributed by atoms with Gasteiger partial charge in [0.25, 0.3) is 0 Å². The lowest BCUT2D eigenvalue weighted by Crippen LogP contribution is -2.19. The second-order valence-corrected chi connectivity index (χ2v) is 5.98. The van der Waals surface area contributed by atoms with Crippen molar-refractivity contribution in [2.45, 2.75) is 13.8 Å². The molecule has 1 aromatic rings. The van der Waals surface area contributed by atoms with Crippen molar-refractivity contribution in [1.82, 2.24) is 0 Å². The minimum absolute atomic E-state index is 0.516. The maximum absolute atomic E-state index is 5.86. The highest BCUT2D eigenvalue weighted by Gasteiger charge is 2.13. The average molecular weight is 371 g/mol. The van der Waals surface area contributed by atoms with Gasteiger partial charge in [-0.05, 0) is 40.0 Å². The molecule has 1 nitrogen and oxygen atoms in total. The molecule has 0 amide bonds. The van der Waals surface area contributed by atoms with E-state index in [1.807, 2.05) is 18.2 Å². The Bertz CT molecular complexity index is 342. The summed E-state index contributed by atoms with van der Waals surface area (Å²) in [7, 11) is 0. The van der Waals surface area contributed by atoms with Gasteiger partial charge in [0.05, 0.1) is 11.1 Å². The van der Waals surface area contributed by atoms with Crippen LogP contribution >= 0.6 is 43.5 Å². The van der Waals surface area contributed by atoms with Gasteiger partial charge in [-0.15, -0.1) is 0 Å². The van der Waals surface area contributed by atoms with Crippen molar-refractivity contribution in [3.8, 4) is 5.75 Å². The van der Waals surface area contributed by atoms with Crippen LogP contribution in [0.3, 0.4) is 0 Å². The van der Waals surface area contributed by atoms with Crippen molar-refractivity contribution in [3.63, 3.8) is 0 Å². The second kappa shape index (κ2) is 6.87. The third-order valence-electron chi connectivity index (χ3n) is 2.49. The van der Waals surface area contributed by atoms with E-state index in [0.717, 1.165) is 15.6 Å². The maximum Gasteiger partial charge on any atom is 0.133 e. The first kappa shape index (κ1) is 14.3. The molecule has 1 unspecified atom stereocenters. The van der Waals surface area contributed by atoms with Crippen molar-refractivity contribution >= 4 is 43.5 Å². The van der Waals surface area contributed by atoms with Crippen LogP contribution < -0.4 is 4.74 Å². The second-order valence-electron chi connectivity index (χ2n) is 4.04. The molecule has 1 aromatic carbocycles. The zero-order valence-electron chi connectivity index (χ0n) is 9.34. The van der Waals surface area contributed by atoms with Crippen LogP contribution in [0, 0.1) is 11.8 Å². The Morgan fingerprint density at radius 3 is 2.56 bits per heavy atom. The molecule has 90 valence electrons. The monoisotopic (exact) mass is 368 g/mol.